The van der Waals surface area contributed by atoms with E-state index in [0.717, 1.165) is 0 Å². The molecule has 0 saturated heterocycles. The first-order chi connectivity index (χ1) is 6.84. The van der Waals surface area contributed by atoms with Gasteiger partial charge in [-0.3, -0.25) is 9.78 Å². The van der Waals surface area contributed by atoms with Crippen molar-refractivity contribution in [1.82, 2.24) is 10.4 Å². The molecule has 3 N–H and O–H groups in total. The number of hydrogen-bond donors (Lipinski definition) is 2. The molecule has 0 aliphatic rings. The third-order valence-corrected chi connectivity index (χ3v) is 1.45. The number of carbonyl (C=O) groups excluding carboxylic acids is 1. The molecule has 0 spiro atoms. The molecule has 1 heterocycles. The number of pyridine rings is 1. The van der Waals surface area contributed by atoms with E-state index in [1.54, 1.807) is 30.6 Å². The Kier molecular flexibility index (Phi) is 4.30. The van der Waals surface area contributed by atoms with Crippen molar-refractivity contribution in [3.8, 4) is 0 Å². The number of nitrogens with zero attached hydrogens (tertiary/aromatic N) is 2. The van der Waals surface area contributed by atoms with Gasteiger partial charge in [-0.05, 0) is 25.1 Å². The number of hydrogen-bond acceptors (Lipinski definition) is 4. The van der Waals surface area contributed by atoms with Gasteiger partial charge < -0.3 is 5.73 Å². The predicted octanol–water partition coefficient (Wildman–Crippen LogP) is 0.146. The average molecular weight is 192 g/mol. The summed E-state index contributed by atoms with van der Waals surface area (Å²) in [6, 6.07) is 5.10. The molecule has 1 aromatic rings. The number of rotatable bonds is 4. The van der Waals surface area contributed by atoms with Gasteiger partial charge in [0.15, 0.2) is 0 Å². The van der Waals surface area contributed by atoms with E-state index >= 15 is 0 Å². The quantitative estimate of drug-likeness (QED) is 0.526. The first-order valence-electron chi connectivity index (χ1n) is 4.27. The zero-order chi connectivity index (χ0) is 10.2. The molecule has 0 bridgehead atoms. The summed E-state index contributed by atoms with van der Waals surface area (Å²) in [6.07, 6.45) is 3.75. The van der Waals surface area contributed by atoms with Gasteiger partial charge in [-0.25, -0.2) is 5.43 Å². The Morgan fingerprint density at radius 1 is 1.64 bits per heavy atom. The topological polar surface area (TPSA) is 80.4 Å². The molecule has 1 amide bonds. The van der Waals surface area contributed by atoms with E-state index in [0.29, 0.717) is 18.7 Å². The van der Waals surface area contributed by atoms with Gasteiger partial charge in [0.25, 0.3) is 5.91 Å². The monoisotopic (exact) mass is 192 g/mol. The van der Waals surface area contributed by atoms with E-state index in [1.807, 2.05) is 0 Å². The first-order valence-corrected chi connectivity index (χ1v) is 4.27. The number of hydrazone groups is 1. The lowest BCUT2D eigenvalue weighted by Gasteiger charge is -1.96. The van der Waals surface area contributed by atoms with Crippen LogP contribution in [0.25, 0.3) is 0 Å². The molecule has 5 heteroatoms. The molecule has 0 saturated carbocycles. The van der Waals surface area contributed by atoms with Crippen molar-refractivity contribution in [3.05, 3.63) is 30.1 Å². The number of nitrogens with one attached hydrogen (secondary N) is 1. The Hall–Kier alpha value is -1.75. The summed E-state index contributed by atoms with van der Waals surface area (Å²) in [5, 5.41) is 3.69. The maximum absolute atomic E-state index is 11.3. The van der Waals surface area contributed by atoms with Gasteiger partial charge in [-0.1, -0.05) is 6.07 Å². The van der Waals surface area contributed by atoms with Crippen LogP contribution in [-0.4, -0.2) is 23.7 Å². The molecule has 1 aromatic heterocycles. The van der Waals surface area contributed by atoms with Crippen molar-refractivity contribution in [2.45, 2.75) is 6.42 Å². The highest BCUT2D eigenvalue weighted by molar-refractivity contribution is 5.92. The van der Waals surface area contributed by atoms with Crippen molar-refractivity contribution in [2.24, 2.45) is 10.8 Å². The maximum atomic E-state index is 11.3. The van der Waals surface area contributed by atoms with Crippen molar-refractivity contribution >= 4 is 12.1 Å². The summed E-state index contributed by atoms with van der Waals surface area (Å²) in [5.74, 6) is -0.320. The number of aromatic nitrogens is 1. The van der Waals surface area contributed by atoms with E-state index in [2.05, 4.69) is 15.5 Å². The fraction of sp³-hybridized carbons (Fsp3) is 0.222. The number of nitrogens with two attached hydrogens (primary N) is 1. The highest BCUT2D eigenvalue weighted by Crippen LogP contribution is 1.91. The molecule has 5 nitrogen and oxygen atoms in total. The molecular formula is C9H12N4O. The van der Waals surface area contributed by atoms with Crippen LogP contribution in [-0.2, 0) is 0 Å². The van der Waals surface area contributed by atoms with E-state index in [4.69, 9.17) is 5.73 Å². The predicted molar refractivity (Wildman–Crippen MR) is 53.9 cm³/mol. The second kappa shape index (κ2) is 5.82. The standard InChI is InChI=1S/C9H12N4O/c10-5-3-7-12-13-9(14)8-4-1-2-6-11-8/h1-2,4,6-7H,3,5,10H2,(H,13,14)/b12-7+. The van der Waals surface area contributed by atoms with Crippen LogP contribution in [0.1, 0.15) is 16.9 Å². The van der Waals surface area contributed by atoms with Crippen molar-refractivity contribution in [1.29, 1.82) is 0 Å². The van der Waals surface area contributed by atoms with Crippen LogP contribution in [0.2, 0.25) is 0 Å². The Bertz CT molecular complexity index is 310. The molecule has 0 aromatic carbocycles. The minimum absolute atomic E-state index is 0.320. The zero-order valence-corrected chi connectivity index (χ0v) is 7.68. The third-order valence-electron chi connectivity index (χ3n) is 1.45. The lowest BCUT2D eigenvalue weighted by atomic mass is 10.3. The van der Waals surface area contributed by atoms with Gasteiger partial charge in [0.05, 0.1) is 0 Å². The Balaban J connectivity index is 2.44. The lowest BCUT2D eigenvalue weighted by molar-refractivity contribution is 0.0950. The molecular weight excluding hydrogens is 180 g/mol. The summed E-state index contributed by atoms with van der Waals surface area (Å²) in [5.41, 5.74) is 7.93. The van der Waals surface area contributed by atoms with Crippen LogP contribution >= 0.6 is 0 Å². The largest absolute Gasteiger partial charge is 0.330 e. The highest BCUT2D eigenvalue weighted by Gasteiger charge is 2.02. The highest BCUT2D eigenvalue weighted by atomic mass is 16.2. The molecule has 74 valence electrons. The normalized spacial score (nSPS) is 10.4. The SMILES string of the molecule is NCC/C=N/NC(=O)c1ccccn1. The Morgan fingerprint density at radius 3 is 3.14 bits per heavy atom. The molecule has 14 heavy (non-hydrogen) atoms. The van der Waals surface area contributed by atoms with Gasteiger partial charge in [-0.2, -0.15) is 5.10 Å². The van der Waals surface area contributed by atoms with E-state index in [9.17, 15) is 4.79 Å². The van der Waals surface area contributed by atoms with Gasteiger partial charge in [0.2, 0.25) is 0 Å². The Morgan fingerprint density at radius 2 is 2.50 bits per heavy atom. The third kappa shape index (κ3) is 3.32. The van der Waals surface area contributed by atoms with Gasteiger partial charge in [0.1, 0.15) is 5.69 Å². The molecule has 0 aliphatic heterocycles. The molecule has 0 unspecified atom stereocenters. The number of amides is 1. The number of carbonyl (C=O) groups is 1. The Labute approximate surface area is 82.0 Å². The van der Waals surface area contributed by atoms with E-state index in [1.165, 1.54) is 0 Å². The van der Waals surface area contributed by atoms with Crippen molar-refractivity contribution in [2.75, 3.05) is 6.54 Å². The summed E-state index contributed by atoms with van der Waals surface area (Å²) in [4.78, 5) is 15.2. The maximum Gasteiger partial charge on any atom is 0.289 e. The van der Waals surface area contributed by atoms with Gasteiger partial charge in [-0.15, -0.1) is 0 Å². The van der Waals surface area contributed by atoms with Gasteiger partial charge in [0, 0.05) is 12.4 Å². The van der Waals surface area contributed by atoms with E-state index in [-0.39, 0.29) is 5.91 Å². The van der Waals surface area contributed by atoms with Crippen molar-refractivity contribution in [3.63, 3.8) is 0 Å². The average Bonchev–Trinajstić information content (AvgIpc) is 2.25. The van der Waals surface area contributed by atoms with Crippen LogP contribution in [0, 0.1) is 0 Å². The van der Waals surface area contributed by atoms with Crippen LogP contribution in [0.15, 0.2) is 29.5 Å². The second-order valence-electron chi connectivity index (χ2n) is 2.54. The van der Waals surface area contributed by atoms with Crippen LogP contribution in [0.5, 0.6) is 0 Å². The van der Waals surface area contributed by atoms with Gasteiger partial charge >= 0.3 is 0 Å². The second-order valence-corrected chi connectivity index (χ2v) is 2.54. The van der Waals surface area contributed by atoms with Crippen LogP contribution in [0.4, 0.5) is 0 Å². The molecule has 0 atom stereocenters. The zero-order valence-electron chi connectivity index (χ0n) is 7.68. The smallest absolute Gasteiger partial charge is 0.289 e. The summed E-state index contributed by atoms with van der Waals surface area (Å²) in [7, 11) is 0. The molecule has 0 aliphatic carbocycles. The summed E-state index contributed by atoms with van der Waals surface area (Å²) >= 11 is 0. The molecule has 1 rings (SSSR count). The fourth-order valence-electron chi connectivity index (χ4n) is 0.798. The minimum atomic E-state index is -0.320. The van der Waals surface area contributed by atoms with Crippen molar-refractivity contribution < 1.29 is 4.79 Å². The molecule has 0 radical (unpaired) electrons. The summed E-state index contributed by atoms with van der Waals surface area (Å²) in [6.45, 7) is 0.517. The van der Waals surface area contributed by atoms with Crippen LogP contribution < -0.4 is 11.2 Å². The van der Waals surface area contributed by atoms with Crippen LogP contribution in [0.3, 0.4) is 0 Å². The fourth-order valence-corrected chi connectivity index (χ4v) is 0.798. The summed E-state index contributed by atoms with van der Waals surface area (Å²) < 4.78 is 0. The molecule has 0 fully saturated rings. The van der Waals surface area contributed by atoms with E-state index < -0.39 is 0 Å². The first kappa shape index (κ1) is 10.3. The minimum Gasteiger partial charge on any atom is -0.330 e. The lowest BCUT2D eigenvalue weighted by Crippen LogP contribution is -2.18.